The fourth-order valence-corrected chi connectivity index (χ4v) is 2.05. The molecule has 0 amide bonds. The Morgan fingerprint density at radius 1 is 1.50 bits per heavy atom. The number of nitro groups is 1. The van der Waals surface area contributed by atoms with Gasteiger partial charge in [0.2, 0.25) is 0 Å². The first-order valence-corrected chi connectivity index (χ1v) is 6.14. The number of hydrogen-bond donors (Lipinski definition) is 3. The first-order chi connectivity index (χ1) is 8.24. The van der Waals surface area contributed by atoms with Crippen molar-refractivity contribution < 1.29 is 17.7 Å². The molecule has 4 N–H and O–H groups in total. The number of rotatable bonds is 4. The van der Waals surface area contributed by atoms with Crippen molar-refractivity contribution in [2.24, 2.45) is 5.73 Å². The van der Waals surface area contributed by atoms with Crippen LogP contribution in [0.5, 0.6) is 0 Å². The maximum absolute atomic E-state index is 13.3. The largest absolute Gasteiger partial charge is 0.375 e. The summed E-state index contributed by atoms with van der Waals surface area (Å²) in [5.74, 6) is -1.14. The summed E-state index contributed by atoms with van der Waals surface area (Å²) in [5, 5.41) is 10.1. The molecule has 98 valence electrons. The quantitative estimate of drug-likeness (QED) is 0.397. The van der Waals surface area contributed by atoms with E-state index < -0.39 is 31.3 Å². The molecular weight excluding hydrogens is 287 g/mol. The highest BCUT2D eigenvalue weighted by atomic mass is 32.2. The summed E-state index contributed by atoms with van der Waals surface area (Å²) in [7, 11) is -4.35. The molecule has 1 rings (SSSR count). The van der Waals surface area contributed by atoms with Crippen LogP contribution in [-0.2, 0) is 10.0 Å². The predicted molar refractivity (Wildman–Crippen MR) is 63.3 cm³/mol. The van der Waals surface area contributed by atoms with Gasteiger partial charge in [0.05, 0.1) is 4.92 Å². The average molecular weight is 294 g/mol. The molecule has 0 saturated heterocycles. The van der Waals surface area contributed by atoms with Gasteiger partial charge in [0.1, 0.15) is 10.7 Å². The van der Waals surface area contributed by atoms with Gasteiger partial charge in [-0.15, -0.1) is 4.83 Å². The molecule has 1 aromatic rings. The topological polar surface area (TPSA) is 127 Å². The van der Waals surface area contributed by atoms with Gasteiger partial charge in [-0.25, -0.2) is 12.8 Å². The van der Waals surface area contributed by atoms with Crippen LogP contribution in [0.15, 0.2) is 23.1 Å². The number of nitro benzene ring substituents is 1. The smallest absolute Gasteiger partial charge is 0.270 e. The number of thiocarbonyl (C=S) groups is 1. The van der Waals surface area contributed by atoms with Crippen molar-refractivity contribution in [3.8, 4) is 0 Å². The number of sulfonamides is 1. The van der Waals surface area contributed by atoms with Gasteiger partial charge in [-0.2, -0.15) is 0 Å². The lowest BCUT2D eigenvalue weighted by molar-refractivity contribution is -0.385. The van der Waals surface area contributed by atoms with Gasteiger partial charge < -0.3 is 5.73 Å². The second kappa shape index (κ2) is 5.20. The van der Waals surface area contributed by atoms with Gasteiger partial charge in [0.25, 0.3) is 15.7 Å². The van der Waals surface area contributed by atoms with Crippen molar-refractivity contribution in [3.05, 3.63) is 34.1 Å². The van der Waals surface area contributed by atoms with Gasteiger partial charge in [0.15, 0.2) is 5.11 Å². The van der Waals surface area contributed by atoms with Gasteiger partial charge in [-0.05, 0) is 18.3 Å². The molecule has 0 aliphatic carbocycles. The highest BCUT2D eigenvalue weighted by Gasteiger charge is 2.22. The summed E-state index contributed by atoms with van der Waals surface area (Å²) in [5.41, 5.74) is 6.32. The molecule has 0 unspecified atom stereocenters. The maximum Gasteiger partial charge on any atom is 0.270 e. The Hall–Kier alpha value is -1.85. The summed E-state index contributed by atoms with van der Waals surface area (Å²) in [6.45, 7) is 0. The van der Waals surface area contributed by atoms with Crippen molar-refractivity contribution in [3.63, 3.8) is 0 Å². The second-order valence-corrected chi connectivity index (χ2v) is 5.06. The van der Waals surface area contributed by atoms with E-state index in [1.807, 2.05) is 5.43 Å². The Kier molecular flexibility index (Phi) is 4.11. The average Bonchev–Trinajstić information content (AvgIpc) is 2.26. The number of benzene rings is 1. The van der Waals surface area contributed by atoms with Gasteiger partial charge in [-0.3, -0.25) is 15.5 Å². The van der Waals surface area contributed by atoms with E-state index >= 15 is 0 Å². The number of hydrogen-bond acceptors (Lipinski definition) is 5. The van der Waals surface area contributed by atoms with Crippen LogP contribution >= 0.6 is 12.2 Å². The summed E-state index contributed by atoms with van der Waals surface area (Å²) in [6, 6.07) is 2.10. The third-order valence-electron chi connectivity index (χ3n) is 1.72. The monoisotopic (exact) mass is 294 g/mol. The minimum atomic E-state index is -4.35. The summed E-state index contributed by atoms with van der Waals surface area (Å²) >= 11 is 4.35. The zero-order valence-corrected chi connectivity index (χ0v) is 10.2. The summed E-state index contributed by atoms with van der Waals surface area (Å²) in [6.07, 6.45) is 0. The van der Waals surface area contributed by atoms with E-state index in [2.05, 4.69) is 12.2 Å². The molecule has 11 heteroatoms. The van der Waals surface area contributed by atoms with Crippen LogP contribution in [0.4, 0.5) is 10.1 Å². The molecule has 0 bridgehead atoms. The van der Waals surface area contributed by atoms with Crippen LogP contribution in [0.3, 0.4) is 0 Å². The van der Waals surface area contributed by atoms with E-state index in [1.54, 1.807) is 4.83 Å². The standard InChI is InChI=1S/C7H7FN4O4S2/c8-5-2-1-4(12(13)14)3-6(5)18(15,16)11-10-7(9)17/h1-3,11H,(H3,9,10,17). The fourth-order valence-electron chi connectivity index (χ4n) is 0.984. The zero-order chi connectivity index (χ0) is 13.9. The Morgan fingerprint density at radius 2 is 2.11 bits per heavy atom. The van der Waals surface area contributed by atoms with Crippen LogP contribution < -0.4 is 16.0 Å². The van der Waals surface area contributed by atoms with Gasteiger partial charge in [-0.1, -0.05) is 0 Å². The number of halogens is 1. The molecule has 0 heterocycles. The Morgan fingerprint density at radius 3 is 2.61 bits per heavy atom. The number of nitrogens with zero attached hydrogens (tertiary/aromatic N) is 1. The molecule has 0 aliphatic heterocycles. The first-order valence-electron chi connectivity index (χ1n) is 4.25. The normalized spacial score (nSPS) is 10.9. The highest BCUT2D eigenvalue weighted by Crippen LogP contribution is 2.20. The number of nitrogens with two attached hydrogens (primary N) is 1. The van der Waals surface area contributed by atoms with Crippen molar-refractivity contribution in [2.45, 2.75) is 4.90 Å². The maximum atomic E-state index is 13.3. The number of nitrogens with one attached hydrogen (secondary N) is 2. The number of hydrazine groups is 1. The third kappa shape index (κ3) is 3.32. The molecule has 0 aliphatic rings. The Bertz CT molecular complexity index is 603. The van der Waals surface area contributed by atoms with Crippen LogP contribution in [0.1, 0.15) is 0 Å². The molecule has 0 atom stereocenters. The minimum Gasteiger partial charge on any atom is -0.375 e. The molecule has 0 fully saturated rings. The van der Waals surface area contributed by atoms with Crippen molar-refractivity contribution in [1.29, 1.82) is 0 Å². The molecule has 0 saturated carbocycles. The second-order valence-electron chi connectivity index (χ2n) is 2.97. The third-order valence-corrected chi connectivity index (χ3v) is 3.09. The predicted octanol–water partition coefficient (Wildman–Crippen LogP) is -0.240. The van der Waals surface area contributed by atoms with Crippen LogP contribution in [0.25, 0.3) is 0 Å². The summed E-state index contributed by atoms with van der Waals surface area (Å²) in [4.78, 5) is 10.4. The van der Waals surface area contributed by atoms with Crippen molar-refractivity contribution in [1.82, 2.24) is 10.3 Å². The van der Waals surface area contributed by atoms with E-state index in [0.717, 1.165) is 6.07 Å². The Balaban J connectivity index is 3.18. The molecular formula is C7H7FN4O4S2. The number of non-ortho nitro benzene ring substituents is 1. The van der Waals surface area contributed by atoms with E-state index in [4.69, 9.17) is 5.73 Å². The molecule has 1 aromatic carbocycles. The van der Waals surface area contributed by atoms with E-state index in [9.17, 15) is 22.9 Å². The minimum absolute atomic E-state index is 0.385. The van der Waals surface area contributed by atoms with E-state index in [-0.39, 0.29) is 5.11 Å². The van der Waals surface area contributed by atoms with E-state index in [0.29, 0.717) is 12.1 Å². The van der Waals surface area contributed by atoms with Crippen LogP contribution in [0.2, 0.25) is 0 Å². The summed E-state index contributed by atoms with van der Waals surface area (Å²) < 4.78 is 36.5. The highest BCUT2D eigenvalue weighted by molar-refractivity contribution is 7.89. The lowest BCUT2D eigenvalue weighted by Gasteiger charge is -2.08. The SMILES string of the molecule is NC(=S)NNS(=O)(=O)c1cc([N+](=O)[O-])ccc1F. The van der Waals surface area contributed by atoms with Crippen molar-refractivity contribution in [2.75, 3.05) is 0 Å². The molecule has 0 aromatic heterocycles. The molecule has 8 nitrogen and oxygen atoms in total. The lowest BCUT2D eigenvalue weighted by atomic mass is 10.3. The Labute approximate surface area is 106 Å². The van der Waals surface area contributed by atoms with E-state index in [1.165, 1.54) is 0 Å². The van der Waals surface area contributed by atoms with Crippen molar-refractivity contribution >= 4 is 33.0 Å². The van der Waals surface area contributed by atoms with Crippen LogP contribution in [-0.4, -0.2) is 18.5 Å². The molecule has 18 heavy (non-hydrogen) atoms. The molecule has 0 radical (unpaired) electrons. The van der Waals surface area contributed by atoms with Crippen LogP contribution in [0, 0.1) is 15.9 Å². The molecule has 0 spiro atoms. The van der Waals surface area contributed by atoms with Gasteiger partial charge >= 0.3 is 0 Å². The fraction of sp³-hybridized carbons (Fsp3) is 0. The van der Waals surface area contributed by atoms with Gasteiger partial charge in [0, 0.05) is 12.1 Å². The lowest BCUT2D eigenvalue weighted by Crippen LogP contribution is -2.44. The first kappa shape index (κ1) is 14.2. The zero-order valence-electron chi connectivity index (χ0n) is 8.58.